The van der Waals surface area contributed by atoms with E-state index in [0.29, 0.717) is 0 Å². The van der Waals surface area contributed by atoms with Gasteiger partial charge in [0, 0.05) is 18.1 Å². The molecular weight excluding hydrogens is 306 g/mol. The Bertz CT molecular complexity index is 812. The van der Waals surface area contributed by atoms with Gasteiger partial charge in [-0.3, -0.25) is 10.1 Å². The normalized spacial score (nSPS) is 10.7. The van der Waals surface area contributed by atoms with Gasteiger partial charge in [-0.2, -0.15) is 0 Å². The van der Waals surface area contributed by atoms with Crippen LogP contribution in [0.4, 0.5) is 5.69 Å². The van der Waals surface area contributed by atoms with Gasteiger partial charge in [-0.15, -0.1) is 0 Å². The molecule has 5 nitrogen and oxygen atoms in total. The van der Waals surface area contributed by atoms with Gasteiger partial charge in [0.05, 0.1) is 4.92 Å². The molecule has 0 atom stereocenters. The van der Waals surface area contributed by atoms with Gasteiger partial charge in [0.1, 0.15) is 11.5 Å². The second-order valence-electron chi connectivity index (χ2n) is 5.47. The molecule has 0 aliphatic heterocycles. The number of phenols is 2. The van der Waals surface area contributed by atoms with Gasteiger partial charge >= 0.3 is 0 Å². The first-order valence-electron chi connectivity index (χ1n) is 7.37. The third-order valence-corrected chi connectivity index (χ3v) is 3.87. The van der Waals surface area contributed by atoms with Crippen molar-refractivity contribution in [3.8, 4) is 11.5 Å². The molecule has 0 unspecified atom stereocenters. The summed E-state index contributed by atoms with van der Waals surface area (Å²) in [6, 6.07) is 20.0. The number of benzene rings is 3. The molecule has 0 saturated carbocycles. The highest BCUT2D eigenvalue weighted by Gasteiger charge is 2.19. The first-order chi connectivity index (χ1) is 11.5. The van der Waals surface area contributed by atoms with Crippen LogP contribution in [0, 0.1) is 10.1 Å². The van der Waals surface area contributed by atoms with E-state index < -0.39 is 4.92 Å². The number of rotatable bonds is 4. The number of nitro groups is 1. The summed E-state index contributed by atoms with van der Waals surface area (Å²) in [6.45, 7) is 0. The predicted molar refractivity (Wildman–Crippen MR) is 90.3 cm³/mol. The molecule has 0 aliphatic carbocycles. The van der Waals surface area contributed by atoms with Gasteiger partial charge in [0.25, 0.3) is 5.69 Å². The van der Waals surface area contributed by atoms with Gasteiger partial charge < -0.3 is 10.2 Å². The Kier molecular flexibility index (Phi) is 4.16. The second-order valence-corrected chi connectivity index (χ2v) is 5.47. The van der Waals surface area contributed by atoms with E-state index in [-0.39, 0.29) is 23.1 Å². The van der Waals surface area contributed by atoms with Crippen molar-refractivity contribution in [2.24, 2.45) is 0 Å². The van der Waals surface area contributed by atoms with E-state index in [1.165, 1.54) is 6.07 Å². The van der Waals surface area contributed by atoms with E-state index in [2.05, 4.69) is 0 Å². The zero-order valence-corrected chi connectivity index (χ0v) is 12.7. The quantitative estimate of drug-likeness (QED) is 0.429. The van der Waals surface area contributed by atoms with E-state index in [1.807, 2.05) is 6.07 Å². The Hall–Kier alpha value is -3.34. The van der Waals surface area contributed by atoms with Gasteiger partial charge in [-0.25, -0.2) is 0 Å². The van der Waals surface area contributed by atoms with E-state index >= 15 is 0 Å². The van der Waals surface area contributed by atoms with Crippen LogP contribution in [0.1, 0.15) is 22.6 Å². The largest absolute Gasteiger partial charge is 0.508 e. The summed E-state index contributed by atoms with van der Waals surface area (Å²) in [4.78, 5) is 10.7. The van der Waals surface area contributed by atoms with Crippen molar-refractivity contribution in [3.63, 3.8) is 0 Å². The number of non-ortho nitro benzene ring substituents is 1. The molecule has 24 heavy (non-hydrogen) atoms. The van der Waals surface area contributed by atoms with Crippen LogP contribution >= 0.6 is 0 Å². The maximum atomic E-state index is 11.1. The third-order valence-electron chi connectivity index (χ3n) is 3.87. The molecule has 0 fully saturated rings. The lowest BCUT2D eigenvalue weighted by atomic mass is 9.85. The fourth-order valence-corrected chi connectivity index (χ4v) is 2.73. The van der Waals surface area contributed by atoms with Crippen molar-refractivity contribution < 1.29 is 15.1 Å². The summed E-state index contributed by atoms with van der Waals surface area (Å²) in [6.07, 6.45) is 0. The van der Waals surface area contributed by atoms with Crippen LogP contribution in [-0.4, -0.2) is 15.1 Å². The Morgan fingerprint density at radius 3 is 1.71 bits per heavy atom. The predicted octanol–water partition coefficient (Wildman–Crippen LogP) is 4.19. The first kappa shape index (κ1) is 15.6. The summed E-state index contributed by atoms with van der Waals surface area (Å²) in [5.41, 5.74) is 2.56. The summed E-state index contributed by atoms with van der Waals surface area (Å²) in [5.74, 6) is 0.0654. The zero-order chi connectivity index (χ0) is 17.1. The summed E-state index contributed by atoms with van der Waals surface area (Å²) < 4.78 is 0. The van der Waals surface area contributed by atoms with E-state index in [0.717, 1.165) is 16.7 Å². The Morgan fingerprint density at radius 2 is 1.25 bits per heavy atom. The third kappa shape index (κ3) is 3.20. The van der Waals surface area contributed by atoms with Crippen molar-refractivity contribution in [2.45, 2.75) is 5.92 Å². The molecule has 0 aromatic heterocycles. The van der Waals surface area contributed by atoms with Crippen LogP contribution in [0.5, 0.6) is 11.5 Å². The second kappa shape index (κ2) is 6.42. The number of nitro benzene ring substituents is 1. The first-order valence-corrected chi connectivity index (χ1v) is 7.37. The molecule has 0 aliphatic rings. The monoisotopic (exact) mass is 321 g/mol. The molecule has 0 heterocycles. The average molecular weight is 321 g/mol. The molecule has 0 radical (unpaired) electrons. The molecule has 0 amide bonds. The molecule has 2 N–H and O–H groups in total. The Labute approximate surface area is 138 Å². The van der Waals surface area contributed by atoms with Gasteiger partial charge in [0.2, 0.25) is 0 Å². The van der Waals surface area contributed by atoms with Gasteiger partial charge in [-0.05, 0) is 41.0 Å². The highest BCUT2D eigenvalue weighted by Crippen LogP contribution is 2.34. The molecule has 5 heteroatoms. The highest BCUT2D eigenvalue weighted by atomic mass is 16.6. The molecule has 3 aromatic carbocycles. The van der Waals surface area contributed by atoms with E-state index in [1.54, 1.807) is 60.7 Å². The van der Waals surface area contributed by atoms with Crippen LogP contribution < -0.4 is 0 Å². The van der Waals surface area contributed by atoms with Crippen molar-refractivity contribution in [2.75, 3.05) is 0 Å². The Morgan fingerprint density at radius 1 is 0.750 bits per heavy atom. The van der Waals surface area contributed by atoms with Crippen LogP contribution in [0.2, 0.25) is 0 Å². The highest BCUT2D eigenvalue weighted by molar-refractivity contribution is 5.48. The molecule has 0 saturated heterocycles. The lowest BCUT2D eigenvalue weighted by Crippen LogP contribution is -2.04. The van der Waals surface area contributed by atoms with Crippen molar-refractivity contribution >= 4 is 5.69 Å². The summed E-state index contributed by atoms with van der Waals surface area (Å²) >= 11 is 0. The van der Waals surface area contributed by atoms with E-state index in [4.69, 9.17) is 0 Å². The lowest BCUT2D eigenvalue weighted by Gasteiger charge is -2.19. The van der Waals surface area contributed by atoms with Crippen molar-refractivity contribution in [3.05, 3.63) is 99.6 Å². The number of hydrogen-bond acceptors (Lipinski definition) is 4. The summed E-state index contributed by atoms with van der Waals surface area (Å²) in [7, 11) is 0. The zero-order valence-electron chi connectivity index (χ0n) is 12.7. The molecule has 3 rings (SSSR count). The maximum absolute atomic E-state index is 11.1. The van der Waals surface area contributed by atoms with Crippen LogP contribution in [0.3, 0.4) is 0 Å². The number of aromatic hydroxyl groups is 2. The van der Waals surface area contributed by atoms with Gasteiger partial charge in [0.15, 0.2) is 0 Å². The molecular formula is C19H15NO4. The fraction of sp³-hybridized carbons (Fsp3) is 0.0526. The number of hydrogen-bond donors (Lipinski definition) is 2. The molecule has 0 bridgehead atoms. The SMILES string of the molecule is O=[N+]([O-])c1cccc(C(c2ccc(O)cc2)c2ccc(O)cc2)c1. The molecule has 120 valence electrons. The smallest absolute Gasteiger partial charge is 0.269 e. The van der Waals surface area contributed by atoms with E-state index in [9.17, 15) is 20.3 Å². The minimum absolute atomic E-state index is 0.0232. The lowest BCUT2D eigenvalue weighted by molar-refractivity contribution is -0.384. The molecule has 0 spiro atoms. The van der Waals surface area contributed by atoms with Crippen molar-refractivity contribution in [1.29, 1.82) is 0 Å². The minimum Gasteiger partial charge on any atom is -0.508 e. The van der Waals surface area contributed by atoms with Gasteiger partial charge in [-0.1, -0.05) is 36.4 Å². The number of nitrogens with zero attached hydrogens (tertiary/aromatic N) is 1. The average Bonchev–Trinajstić information content (AvgIpc) is 2.59. The fourth-order valence-electron chi connectivity index (χ4n) is 2.73. The van der Waals surface area contributed by atoms with Crippen molar-refractivity contribution in [1.82, 2.24) is 0 Å². The summed E-state index contributed by atoms with van der Waals surface area (Å²) in [5, 5.41) is 30.1. The van der Waals surface area contributed by atoms with Crippen LogP contribution in [0.15, 0.2) is 72.8 Å². The van der Waals surface area contributed by atoms with Crippen LogP contribution in [-0.2, 0) is 0 Å². The molecule has 3 aromatic rings. The topological polar surface area (TPSA) is 83.6 Å². The Balaban J connectivity index is 2.14. The maximum Gasteiger partial charge on any atom is 0.269 e. The van der Waals surface area contributed by atoms with Crippen LogP contribution in [0.25, 0.3) is 0 Å². The number of phenolic OH excluding ortho intramolecular Hbond substituents is 2. The standard InChI is InChI=1S/C19H15NO4/c21-17-8-4-13(5-9-17)19(14-6-10-18(22)11-7-14)15-2-1-3-16(12-15)20(23)24/h1-12,19,21-22H. The minimum atomic E-state index is -0.422.